The van der Waals surface area contributed by atoms with Crippen LogP contribution in [0.2, 0.25) is 0 Å². The van der Waals surface area contributed by atoms with E-state index in [1.807, 2.05) is 0 Å². The van der Waals surface area contributed by atoms with E-state index >= 15 is 0 Å². The smallest absolute Gasteiger partial charge is 0.0944 e. The van der Waals surface area contributed by atoms with E-state index in [2.05, 4.69) is 41.2 Å². The van der Waals surface area contributed by atoms with E-state index in [9.17, 15) is 0 Å². The first-order valence-electron chi connectivity index (χ1n) is 5.22. The van der Waals surface area contributed by atoms with Crippen LogP contribution in [0.3, 0.4) is 0 Å². The van der Waals surface area contributed by atoms with Crippen LogP contribution >= 0.6 is 0 Å². The van der Waals surface area contributed by atoms with Gasteiger partial charge in [0.2, 0.25) is 0 Å². The van der Waals surface area contributed by atoms with Gasteiger partial charge < -0.3 is 4.74 Å². The van der Waals surface area contributed by atoms with Gasteiger partial charge in [-0.25, -0.2) is 0 Å². The lowest BCUT2D eigenvalue weighted by atomic mass is 9.88. The van der Waals surface area contributed by atoms with Crippen LogP contribution in [0.15, 0.2) is 12.3 Å². The van der Waals surface area contributed by atoms with Crippen LogP contribution in [0.4, 0.5) is 0 Å². The van der Waals surface area contributed by atoms with Crippen molar-refractivity contribution in [2.45, 2.75) is 47.5 Å². The minimum absolute atomic E-state index is 0.122. The lowest BCUT2D eigenvalue weighted by molar-refractivity contribution is 0.133. The molecule has 0 atom stereocenters. The zero-order chi connectivity index (χ0) is 10.5. The SMILES string of the molecule is C=C(OCCC(C)C)C(C)(C)CC. The van der Waals surface area contributed by atoms with Gasteiger partial charge in [0.15, 0.2) is 0 Å². The molecule has 0 aliphatic carbocycles. The molecule has 0 radical (unpaired) electrons. The fourth-order valence-electron chi connectivity index (χ4n) is 0.810. The topological polar surface area (TPSA) is 9.23 Å². The van der Waals surface area contributed by atoms with Crippen LogP contribution in [0.1, 0.15) is 47.5 Å². The highest BCUT2D eigenvalue weighted by atomic mass is 16.5. The van der Waals surface area contributed by atoms with Crippen molar-refractivity contribution in [2.24, 2.45) is 11.3 Å². The predicted molar refractivity (Wildman–Crippen MR) is 58.6 cm³/mol. The first-order valence-corrected chi connectivity index (χ1v) is 5.22. The van der Waals surface area contributed by atoms with Gasteiger partial charge in [-0.15, -0.1) is 0 Å². The van der Waals surface area contributed by atoms with E-state index in [0.29, 0.717) is 5.92 Å². The van der Waals surface area contributed by atoms with Crippen molar-refractivity contribution in [3.8, 4) is 0 Å². The zero-order valence-corrected chi connectivity index (χ0v) is 9.81. The molecule has 0 aromatic carbocycles. The molecule has 0 rings (SSSR count). The van der Waals surface area contributed by atoms with Gasteiger partial charge in [0.05, 0.1) is 12.4 Å². The van der Waals surface area contributed by atoms with E-state index in [-0.39, 0.29) is 5.41 Å². The summed E-state index contributed by atoms with van der Waals surface area (Å²) in [7, 11) is 0. The molecule has 0 aliphatic heterocycles. The molecule has 0 unspecified atom stereocenters. The van der Waals surface area contributed by atoms with Crippen molar-refractivity contribution < 1.29 is 4.74 Å². The van der Waals surface area contributed by atoms with E-state index in [0.717, 1.165) is 25.2 Å². The summed E-state index contributed by atoms with van der Waals surface area (Å²) in [6.07, 6.45) is 2.19. The Labute approximate surface area is 83.2 Å². The first-order chi connectivity index (χ1) is 5.90. The van der Waals surface area contributed by atoms with Crippen molar-refractivity contribution in [1.29, 1.82) is 0 Å². The highest BCUT2D eigenvalue weighted by molar-refractivity contribution is 4.97. The summed E-state index contributed by atoms with van der Waals surface area (Å²) >= 11 is 0. The summed E-state index contributed by atoms with van der Waals surface area (Å²) in [5.74, 6) is 1.63. The van der Waals surface area contributed by atoms with E-state index < -0.39 is 0 Å². The quantitative estimate of drug-likeness (QED) is 0.567. The number of ether oxygens (including phenoxy) is 1. The van der Waals surface area contributed by atoms with E-state index in [4.69, 9.17) is 4.74 Å². The molecule has 0 aromatic heterocycles. The summed E-state index contributed by atoms with van der Waals surface area (Å²) < 4.78 is 5.61. The summed E-state index contributed by atoms with van der Waals surface area (Å²) in [4.78, 5) is 0. The van der Waals surface area contributed by atoms with Gasteiger partial charge >= 0.3 is 0 Å². The Bertz CT molecular complexity index is 157. The van der Waals surface area contributed by atoms with Gasteiger partial charge in [0.1, 0.15) is 0 Å². The van der Waals surface area contributed by atoms with Crippen molar-refractivity contribution in [1.82, 2.24) is 0 Å². The second-order valence-electron chi connectivity index (χ2n) is 4.69. The second-order valence-corrected chi connectivity index (χ2v) is 4.69. The number of rotatable bonds is 6. The van der Waals surface area contributed by atoms with Crippen molar-refractivity contribution in [2.75, 3.05) is 6.61 Å². The third kappa shape index (κ3) is 4.97. The standard InChI is InChI=1S/C12H24O/c1-7-12(5,6)11(4)13-9-8-10(2)3/h10H,4,7-9H2,1-3,5-6H3. The molecule has 0 aliphatic rings. The molecule has 0 saturated carbocycles. The first kappa shape index (κ1) is 12.5. The molecule has 78 valence electrons. The molecule has 1 heteroatoms. The van der Waals surface area contributed by atoms with Gasteiger partial charge in [0.25, 0.3) is 0 Å². The maximum atomic E-state index is 5.61. The van der Waals surface area contributed by atoms with Crippen molar-refractivity contribution >= 4 is 0 Å². The minimum Gasteiger partial charge on any atom is -0.498 e. The molecular weight excluding hydrogens is 160 g/mol. The molecule has 1 nitrogen and oxygen atoms in total. The van der Waals surface area contributed by atoms with Crippen LogP contribution in [-0.4, -0.2) is 6.61 Å². The Hall–Kier alpha value is -0.460. The third-order valence-corrected chi connectivity index (χ3v) is 2.61. The van der Waals surface area contributed by atoms with Gasteiger partial charge in [-0.2, -0.15) is 0 Å². The minimum atomic E-state index is 0.122. The molecule has 0 bridgehead atoms. The largest absolute Gasteiger partial charge is 0.498 e. The number of allylic oxidation sites excluding steroid dienone is 1. The summed E-state index contributed by atoms with van der Waals surface area (Å²) in [5.41, 5.74) is 0.122. The van der Waals surface area contributed by atoms with Crippen LogP contribution in [0, 0.1) is 11.3 Å². The highest BCUT2D eigenvalue weighted by Crippen LogP contribution is 2.29. The lowest BCUT2D eigenvalue weighted by Crippen LogP contribution is -2.15. The number of hydrogen-bond acceptors (Lipinski definition) is 1. The molecule has 0 fully saturated rings. The maximum Gasteiger partial charge on any atom is 0.0944 e. The Morgan fingerprint density at radius 3 is 2.31 bits per heavy atom. The molecule has 0 aromatic rings. The fraction of sp³-hybridized carbons (Fsp3) is 0.833. The number of hydrogen-bond donors (Lipinski definition) is 0. The molecular formula is C12H24O. The molecule has 0 spiro atoms. The lowest BCUT2D eigenvalue weighted by Gasteiger charge is -2.25. The van der Waals surface area contributed by atoms with Crippen molar-refractivity contribution in [3.05, 3.63) is 12.3 Å². The average molecular weight is 184 g/mol. The fourth-order valence-corrected chi connectivity index (χ4v) is 0.810. The Balaban J connectivity index is 3.75. The summed E-state index contributed by atoms with van der Waals surface area (Å²) in [5, 5.41) is 0. The second kappa shape index (κ2) is 5.31. The third-order valence-electron chi connectivity index (χ3n) is 2.61. The molecule has 0 amide bonds. The normalized spacial score (nSPS) is 11.8. The maximum absolute atomic E-state index is 5.61. The van der Waals surface area contributed by atoms with Gasteiger partial charge in [-0.05, 0) is 18.8 Å². The zero-order valence-electron chi connectivity index (χ0n) is 9.81. The van der Waals surface area contributed by atoms with Gasteiger partial charge in [-0.1, -0.05) is 41.2 Å². The van der Waals surface area contributed by atoms with Gasteiger partial charge in [-0.3, -0.25) is 0 Å². The monoisotopic (exact) mass is 184 g/mol. The molecule has 0 saturated heterocycles. The van der Waals surface area contributed by atoms with Gasteiger partial charge in [0, 0.05) is 5.41 Å². The predicted octanol–water partition coefficient (Wildman–Crippen LogP) is 4.00. The average Bonchev–Trinajstić information content (AvgIpc) is 2.03. The Kier molecular flexibility index (Phi) is 5.12. The Morgan fingerprint density at radius 1 is 1.38 bits per heavy atom. The Morgan fingerprint density at radius 2 is 1.92 bits per heavy atom. The van der Waals surface area contributed by atoms with E-state index in [1.165, 1.54) is 0 Å². The molecule has 13 heavy (non-hydrogen) atoms. The van der Waals surface area contributed by atoms with Crippen LogP contribution < -0.4 is 0 Å². The van der Waals surface area contributed by atoms with E-state index in [1.54, 1.807) is 0 Å². The van der Waals surface area contributed by atoms with Crippen LogP contribution in [0.5, 0.6) is 0 Å². The highest BCUT2D eigenvalue weighted by Gasteiger charge is 2.20. The van der Waals surface area contributed by atoms with Crippen molar-refractivity contribution in [3.63, 3.8) is 0 Å². The molecule has 0 heterocycles. The molecule has 0 N–H and O–H groups in total. The van der Waals surface area contributed by atoms with Crippen LogP contribution in [-0.2, 0) is 4.74 Å². The van der Waals surface area contributed by atoms with Crippen LogP contribution in [0.25, 0.3) is 0 Å². The summed E-state index contributed by atoms with van der Waals surface area (Å²) in [6.45, 7) is 15.7. The summed E-state index contributed by atoms with van der Waals surface area (Å²) in [6, 6.07) is 0.